The maximum Gasteiger partial charge on any atom is 0.310 e. The van der Waals surface area contributed by atoms with Gasteiger partial charge < -0.3 is 47.4 Å². The van der Waals surface area contributed by atoms with Crippen molar-refractivity contribution in [3.8, 4) is 0 Å². The third-order valence-corrected chi connectivity index (χ3v) is 5.48. The molecule has 0 fully saturated rings. The van der Waals surface area contributed by atoms with Gasteiger partial charge in [-0.25, -0.2) is 0 Å². The number of rotatable bonds is 28. The van der Waals surface area contributed by atoms with E-state index in [1.54, 1.807) is 7.11 Å². The van der Waals surface area contributed by atoms with Gasteiger partial charge in [-0.15, -0.1) is 0 Å². The van der Waals surface area contributed by atoms with Crippen LogP contribution in [0.4, 0.5) is 0 Å². The molecule has 0 aliphatic rings. The summed E-state index contributed by atoms with van der Waals surface area (Å²) in [6.07, 6.45) is 0. The zero-order valence-corrected chi connectivity index (χ0v) is 26.3. The number of hydrogen-bond acceptors (Lipinski definition) is 11. The van der Waals surface area contributed by atoms with Gasteiger partial charge in [0.25, 0.3) is 0 Å². The highest BCUT2D eigenvalue weighted by Crippen LogP contribution is 2.40. The molecular weight excluding hydrogens is 524 g/mol. The zero-order valence-electron chi connectivity index (χ0n) is 26.3. The first kappa shape index (κ1) is 39.1. The summed E-state index contributed by atoms with van der Waals surface area (Å²) in [6.45, 7) is 21.2. The maximum atomic E-state index is 12.5. The van der Waals surface area contributed by atoms with E-state index in [0.29, 0.717) is 112 Å². The minimum Gasteiger partial charge on any atom is -0.463 e. The first-order valence-electron chi connectivity index (χ1n) is 14.4. The van der Waals surface area contributed by atoms with Crippen LogP contribution in [0, 0.1) is 16.7 Å². The summed E-state index contributed by atoms with van der Waals surface area (Å²) < 4.78 is 53.8. The largest absolute Gasteiger partial charge is 0.463 e. The van der Waals surface area contributed by atoms with Gasteiger partial charge in [-0.05, 0) is 10.8 Å². The third-order valence-electron chi connectivity index (χ3n) is 5.48. The summed E-state index contributed by atoms with van der Waals surface area (Å²) >= 11 is 0. The Morgan fingerprint density at radius 1 is 0.425 bits per heavy atom. The lowest BCUT2D eigenvalue weighted by molar-refractivity contribution is -0.159. The minimum absolute atomic E-state index is 0.166. The average molecular weight is 583 g/mol. The molecule has 0 N–H and O–H groups in total. The van der Waals surface area contributed by atoms with Gasteiger partial charge in [0.2, 0.25) is 0 Å². The summed E-state index contributed by atoms with van der Waals surface area (Å²) in [5, 5.41) is 0. The molecule has 11 nitrogen and oxygen atoms in total. The summed E-state index contributed by atoms with van der Waals surface area (Å²) in [7, 11) is 1.64. The van der Waals surface area contributed by atoms with Crippen LogP contribution < -0.4 is 0 Å². The number of methoxy groups -OCH3 is 1. The monoisotopic (exact) mass is 582 g/mol. The number of esters is 1. The van der Waals surface area contributed by atoms with Gasteiger partial charge in [-0.3, -0.25) is 4.79 Å². The van der Waals surface area contributed by atoms with Crippen LogP contribution in [-0.4, -0.2) is 132 Å². The Balaban J connectivity index is 3.31. The smallest absolute Gasteiger partial charge is 0.310 e. The Kier molecular flexibility index (Phi) is 25.2. The molecule has 0 spiro atoms. The van der Waals surface area contributed by atoms with E-state index < -0.39 is 0 Å². The highest BCUT2D eigenvalue weighted by molar-refractivity contribution is 5.74. The normalized spacial score (nSPS) is 12.4. The molecule has 0 aromatic rings. The van der Waals surface area contributed by atoms with Crippen molar-refractivity contribution < 1.29 is 52.2 Å². The third kappa shape index (κ3) is 24.9. The van der Waals surface area contributed by atoms with Crippen molar-refractivity contribution in [1.82, 2.24) is 0 Å². The van der Waals surface area contributed by atoms with Crippen molar-refractivity contribution in [3.05, 3.63) is 0 Å². The molecule has 0 atom stereocenters. The Labute approximate surface area is 242 Å². The van der Waals surface area contributed by atoms with Crippen LogP contribution in [0.25, 0.3) is 0 Å². The first-order valence-corrected chi connectivity index (χ1v) is 14.4. The highest BCUT2D eigenvalue weighted by atomic mass is 16.6. The van der Waals surface area contributed by atoms with Crippen molar-refractivity contribution in [2.75, 3.05) is 126 Å². The van der Waals surface area contributed by atoms with E-state index in [4.69, 9.17) is 47.4 Å². The molecule has 0 amide bonds. The van der Waals surface area contributed by atoms with Crippen molar-refractivity contribution in [2.45, 2.75) is 41.5 Å². The molecular formula is C29H58O11. The number of carbonyl (C=O) groups is 1. The van der Waals surface area contributed by atoms with E-state index in [-0.39, 0.29) is 29.3 Å². The summed E-state index contributed by atoms with van der Waals surface area (Å²) in [5.74, 6) is -0.361. The molecule has 0 bridgehead atoms. The molecule has 0 saturated heterocycles. The van der Waals surface area contributed by atoms with Crippen molar-refractivity contribution in [3.63, 3.8) is 0 Å². The van der Waals surface area contributed by atoms with Crippen molar-refractivity contribution in [1.29, 1.82) is 0 Å². The van der Waals surface area contributed by atoms with Gasteiger partial charge in [0.05, 0.1) is 118 Å². The van der Waals surface area contributed by atoms with E-state index in [1.807, 2.05) is 0 Å². The number of carbonyl (C=O) groups excluding carboxylic acids is 1. The molecule has 0 aliphatic heterocycles. The Bertz CT molecular complexity index is 547. The molecule has 0 radical (unpaired) electrons. The number of hydrogen-bond donors (Lipinski definition) is 0. The van der Waals surface area contributed by atoms with Gasteiger partial charge >= 0.3 is 5.97 Å². The van der Waals surface area contributed by atoms with Crippen LogP contribution in [0.1, 0.15) is 41.5 Å². The van der Waals surface area contributed by atoms with Gasteiger partial charge in [0.15, 0.2) is 0 Å². The second kappa shape index (κ2) is 25.8. The van der Waals surface area contributed by atoms with Crippen LogP contribution in [-0.2, 0) is 52.2 Å². The molecule has 11 heteroatoms. The van der Waals surface area contributed by atoms with E-state index in [2.05, 4.69) is 41.5 Å². The summed E-state index contributed by atoms with van der Waals surface area (Å²) in [5.41, 5.74) is -0.333. The molecule has 0 aliphatic carbocycles. The molecule has 0 unspecified atom stereocenters. The van der Waals surface area contributed by atoms with E-state index in [1.165, 1.54) is 0 Å². The Hall–Kier alpha value is -0.890. The van der Waals surface area contributed by atoms with E-state index >= 15 is 0 Å². The first-order chi connectivity index (χ1) is 19.1. The fourth-order valence-electron chi connectivity index (χ4n) is 4.07. The lowest BCUT2D eigenvalue weighted by atomic mass is 9.67. The van der Waals surface area contributed by atoms with Crippen LogP contribution >= 0.6 is 0 Å². The summed E-state index contributed by atoms with van der Waals surface area (Å²) in [4.78, 5) is 12.5. The molecule has 0 rings (SSSR count). The van der Waals surface area contributed by atoms with E-state index in [0.717, 1.165) is 0 Å². The van der Waals surface area contributed by atoms with Gasteiger partial charge in [-0.2, -0.15) is 0 Å². The lowest BCUT2D eigenvalue weighted by Crippen LogP contribution is -2.40. The van der Waals surface area contributed by atoms with Gasteiger partial charge in [0, 0.05) is 7.11 Å². The molecule has 40 heavy (non-hydrogen) atoms. The topological polar surface area (TPSA) is 109 Å². The van der Waals surface area contributed by atoms with Crippen LogP contribution in [0.2, 0.25) is 0 Å². The van der Waals surface area contributed by atoms with Crippen LogP contribution in [0.5, 0.6) is 0 Å². The molecule has 0 aromatic heterocycles. The minimum atomic E-state index is -0.188. The van der Waals surface area contributed by atoms with Gasteiger partial charge in [0.1, 0.15) is 6.61 Å². The fourth-order valence-corrected chi connectivity index (χ4v) is 4.07. The molecule has 0 aromatic carbocycles. The predicted molar refractivity (Wildman–Crippen MR) is 152 cm³/mol. The second-order valence-corrected chi connectivity index (χ2v) is 11.2. The Morgan fingerprint density at radius 2 is 0.650 bits per heavy atom. The van der Waals surface area contributed by atoms with E-state index in [9.17, 15) is 4.79 Å². The highest BCUT2D eigenvalue weighted by Gasteiger charge is 2.41. The van der Waals surface area contributed by atoms with Crippen LogP contribution in [0.15, 0.2) is 0 Å². The predicted octanol–water partition coefficient (Wildman–Crippen LogP) is 3.02. The SMILES string of the molecule is COCCOCCOCCOCCOCCOCCOCCOCCOCCOC(=O)C(C(C)(C)C)C(C)(C)C. The van der Waals surface area contributed by atoms with Crippen molar-refractivity contribution in [2.24, 2.45) is 16.7 Å². The molecule has 0 saturated carbocycles. The lowest BCUT2D eigenvalue weighted by Gasteiger charge is -2.38. The van der Waals surface area contributed by atoms with Crippen molar-refractivity contribution >= 4 is 5.97 Å². The standard InChI is InChI=1S/C29H58O11/c1-28(2,3)26(29(4,5)6)27(30)40-25-24-39-23-22-38-21-20-37-19-18-36-17-16-35-15-14-34-13-12-33-11-10-32-9-8-31-7/h26H,8-25H2,1-7H3. The molecule has 240 valence electrons. The second-order valence-electron chi connectivity index (χ2n) is 11.2. The molecule has 0 heterocycles. The number of ether oxygens (including phenoxy) is 10. The van der Waals surface area contributed by atoms with Crippen LogP contribution in [0.3, 0.4) is 0 Å². The zero-order chi connectivity index (χ0) is 30.0. The average Bonchev–Trinajstić information content (AvgIpc) is 2.86. The Morgan fingerprint density at radius 3 is 0.875 bits per heavy atom. The summed E-state index contributed by atoms with van der Waals surface area (Å²) in [6, 6.07) is 0. The maximum absolute atomic E-state index is 12.5. The quantitative estimate of drug-likeness (QED) is 0.100. The fraction of sp³-hybridized carbons (Fsp3) is 0.966. The van der Waals surface area contributed by atoms with Gasteiger partial charge in [-0.1, -0.05) is 41.5 Å².